The van der Waals surface area contributed by atoms with Gasteiger partial charge in [-0.1, -0.05) is 6.07 Å². The molecule has 1 spiro atoms. The molecule has 4 aromatic rings. The highest BCUT2D eigenvalue weighted by atomic mass is 15.3. The number of nitrogens with one attached hydrogen (secondary N) is 3. The highest BCUT2D eigenvalue weighted by Crippen LogP contribution is 2.37. The van der Waals surface area contributed by atoms with Gasteiger partial charge in [-0.3, -0.25) is 10.2 Å². The number of hydrogen-bond acceptors (Lipinski definition) is 6. The molecule has 0 aliphatic carbocycles. The predicted molar refractivity (Wildman–Crippen MR) is 116 cm³/mol. The summed E-state index contributed by atoms with van der Waals surface area (Å²) in [6.45, 7) is 4.38. The topological polar surface area (TPSA) is 98.4 Å². The van der Waals surface area contributed by atoms with Gasteiger partial charge in [-0.15, -0.1) is 10.2 Å². The first kappa shape index (κ1) is 17.6. The van der Waals surface area contributed by atoms with E-state index >= 15 is 0 Å². The zero-order valence-corrected chi connectivity index (χ0v) is 16.7. The lowest BCUT2D eigenvalue weighted by atomic mass is 9.79. The third-order valence-corrected chi connectivity index (χ3v) is 6.67. The van der Waals surface area contributed by atoms with Gasteiger partial charge < -0.3 is 10.2 Å². The lowest BCUT2D eigenvalue weighted by Crippen LogP contribution is -2.44. The number of hydrogen-bond donors (Lipinski definition) is 3. The number of aromatic nitrogens is 6. The van der Waals surface area contributed by atoms with E-state index in [0.29, 0.717) is 5.41 Å². The third-order valence-electron chi connectivity index (χ3n) is 6.67. The van der Waals surface area contributed by atoms with E-state index in [1.54, 1.807) is 0 Å². The first-order valence-electron chi connectivity index (χ1n) is 10.6. The summed E-state index contributed by atoms with van der Waals surface area (Å²) >= 11 is 0. The van der Waals surface area contributed by atoms with Gasteiger partial charge >= 0.3 is 0 Å². The molecule has 0 radical (unpaired) electrons. The molecule has 8 heteroatoms. The maximum absolute atomic E-state index is 4.60. The Hall–Kier alpha value is -3.26. The molecule has 2 fully saturated rings. The van der Waals surface area contributed by atoms with Gasteiger partial charge in [0, 0.05) is 47.8 Å². The summed E-state index contributed by atoms with van der Waals surface area (Å²) in [5.41, 5.74) is 5.35. The SMILES string of the molecule is c1n[nH]cc1-c1ccc(-c2ccc(N3CCCC4(CCNC4)C3)nn2)c2[nH]ncc12. The van der Waals surface area contributed by atoms with Crippen LogP contribution in [0, 0.1) is 5.41 Å². The molecular formula is C22H24N8. The molecule has 0 bridgehead atoms. The number of rotatable bonds is 3. The average Bonchev–Trinajstić information content (AvgIpc) is 3.56. The fourth-order valence-corrected chi connectivity index (χ4v) is 5.08. The van der Waals surface area contributed by atoms with Gasteiger partial charge in [0.1, 0.15) is 0 Å². The van der Waals surface area contributed by atoms with Crippen LogP contribution in [0.4, 0.5) is 5.82 Å². The summed E-state index contributed by atoms with van der Waals surface area (Å²) in [4.78, 5) is 2.40. The quantitative estimate of drug-likeness (QED) is 0.489. The van der Waals surface area contributed by atoms with Crippen molar-refractivity contribution in [3.63, 3.8) is 0 Å². The lowest BCUT2D eigenvalue weighted by molar-refractivity contribution is 0.260. The highest BCUT2D eigenvalue weighted by molar-refractivity contribution is 6.01. The van der Waals surface area contributed by atoms with Crippen molar-refractivity contribution in [2.24, 2.45) is 5.41 Å². The molecule has 152 valence electrons. The number of fused-ring (bicyclic) bond motifs is 1. The Balaban J connectivity index is 1.31. The van der Waals surface area contributed by atoms with Gasteiger partial charge in [-0.25, -0.2) is 0 Å². The maximum atomic E-state index is 4.60. The minimum Gasteiger partial charge on any atom is -0.355 e. The number of H-pyrrole nitrogens is 2. The lowest BCUT2D eigenvalue weighted by Gasteiger charge is -2.40. The van der Waals surface area contributed by atoms with Gasteiger partial charge in [0.25, 0.3) is 0 Å². The summed E-state index contributed by atoms with van der Waals surface area (Å²) in [7, 11) is 0. The van der Waals surface area contributed by atoms with Crippen LogP contribution in [0.15, 0.2) is 42.9 Å². The summed E-state index contributed by atoms with van der Waals surface area (Å²) < 4.78 is 0. The molecule has 8 nitrogen and oxygen atoms in total. The van der Waals surface area contributed by atoms with Crippen molar-refractivity contribution in [1.29, 1.82) is 0 Å². The van der Waals surface area contributed by atoms with Crippen molar-refractivity contribution in [3.8, 4) is 22.4 Å². The van der Waals surface area contributed by atoms with Crippen LogP contribution in [0.2, 0.25) is 0 Å². The molecule has 2 aliphatic heterocycles. The second-order valence-corrected chi connectivity index (χ2v) is 8.53. The van der Waals surface area contributed by atoms with Crippen molar-refractivity contribution >= 4 is 16.7 Å². The molecule has 6 rings (SSSR count). The standard InChI is InChI=1S/C22H24N8/c1-6-22(7-8-23-13-22)14-30(9-1)20-5-4-19(27-28-20)17-3-2-16(15-10-24-25-11-15)18-12-26-29-21(17)18/h2-5,10-12,23H,1,6-9,13-14H2,(H,24,25)(H,26,29). The first-order valence-corrected chi connectivity index (χ1v) is 10.6. The van der Waals surface area contributed by atoms with E-state index in [0.717, 1.165) is 65.3 Å². The average molecular weight is 400 g/mol. The van der Waals surface area contributed by atoms with E-state index in [-0.39, 0.29) is 0 Å². The number of nitrogens with zero attached hydrogens (tertiary/aromatic N) is 5. The molecule has 1 atom stereocenters. The minimum absolute atomic E-state index is 0.406. The zero-order valence-electron chi connectivity index (χ0n) is 16.7. The second kappa shape index (κ2) is 6.91. The van der Waals surface area contributed by atoms with E-state index in [4.69, 9.17) is 0 Å². The fourth-order valence-electron chi connectivity index (χ4n) is 5.08. The number of aromatic amines is 2. The van der Waals surface area contributed by atoms with Gasteiger partial charge in [-0.2, -0.15) is 10.2 Å². The van der Waals surface area contributed by atoms with Crippen LogP contribution in [0.25, 0.3) is 33.3 Å². The van der Waals surface area contributed by atoms with Gasteiger partial charge in [0.05, 0.1) is 23.6 Å². The largest absolute Gasteiger partial charge is 0.355 e. The van der Waals surface area contributed by atoms with Gasteiger partial charge in [0.15, 0.2) is 5.82 Å². The normalized spacial score (nSPS) is 21.7. The molecule has 3 aromatic heterocycles. The van der Waals surface area contributed by atoms with Crippen LogP contribution >= 0.6 is 0 Å². The minimum atomic E-state index is 0.406. The van der Waals surface area contributed by atoms with Crippen LogP contribution in [0.5, 0.6) is 0 Å². The Morgan fingerprint density at radius 1 is 0.967 bits per heavy atom. The Bertz CT molecular complexity index is 1160. The summed E-state index contributed by atoms with van der Waals surface area (Å²) in [5, 5.41) is 28.1. The third kappa shape index (κ3) is 2.87. The predicted octanol–water partition coefficient (Wildman–Crippen LogP) is 2.99. The number of piperidine rings is 1. The van der Waals surface area contributed by atoms with Crippen molar-refractivity contribution in [2.75, 3.05) is 31.1 Å². The monoisotopic (exact) mass is 400 g/mol. The zero-order chi connectivity index (χ0) is 20.0. The molecule has 0 saturated carbocycles. The van der Waals surface area contributed by atoms with E-state index in [2.05, 4.69) is 65.1 Å². The van der Waals surface area contributed by atoms with Crippen LogP contribution in [0.1, 0.15) is 19.3 Å². The van der Waals surface area contributed by atoms with E-state index < -0.39 is 0 Å². The summed E-state index contributed by atoms with van der Waals surface area (Å²) in [6, 6.07) is 8.35. The molecular weight excluding hydrogens is 376 g/mol. The Labute approximate surface area is 174 Å². The molecule has 1 aromatic carbocycles. The molecule has 0 amide bonds. The van der Waals surface area contributed by atoms with E-state index in [9.17, 15) is 0 Å². The van der Waals surface area contributed by atoms with Crippen LogP contribution < -0.4 is 10.2 Å². The molecule has 5 heterocycles. The van der Waals surface area contributed by atoms with Gasteiger partial charge in [0.2, 0.25) is 0 Å². The molecule has 2 saturated heterocycles. The summed E-state index contributed by atoms with van der Waals surface area (Å²) in [6.07, 6.45) is 9.35. The molecule has 1 unspecified atom stereocenters. The van der Waals surface area contributed by atoms with Gasteiger partial charge in [-0.05, 0) is 49.6 Å². The first-order chi connectivity index (χ1) is 14.8. The van der Waals surface area contributed by atoms with E-state index in [1.165, 1.54) is 19.3 Å². The van der Waals surface area contributed by atoms with Crippen molar-refractivity contribution in [1.82, 2.24) is 35.9 Å². The number of anilines is 1. The van der Waals surface area contributed by atoms with Crippen molar-refractivity contribution in [2.45, 2.75) is 19.3 Å². The van der Waals surface area contributed by atoms with Crippen LogP contribution in [-0.2, 0) is 0 Å². The molecule has 3 N–H and O–H groups in total. The molecule has 30 heavy (non-hydrogen) atoms. The second-order valence-electron chi connectivity index (χ2n) is 8.53. The van der Waals surface area contributed by atoms with Crippen molar-refractivity contribution in [3.05, 3.63) is 42.9 Å². The fraction of sp³-hybridized carbons (Fsp3) is 0.364. The van der Waals surface area contributed by atoms with Crippen LogP contribution in [-0.4, -0.2) is 56.8 Å². The number of benzene rings is 1. The molecule has 2 aliphatic rings. The van der Waals surface area contributed by atoms with Crippen molar-refractivity contribution < 1.29 is 0 Å². The highest BCUT2D eigenvalue weighted by Gasteiger charge is 2.38. The Morgan fingerprint density at radius 3 is 2.73 bits per heavy atom. The maximum Gasteiger partial charge on any atom is 0.151 e. The van der Waals surface area contributed by atoms with E-state index in [1.807, 2.05) is 18.6 Å². The summed E-state index contributed by atoms with van der Waals surface area (Å²) in [5.74, 6) is 0.973. The Kier molecular flexibility index (Phi) is 4.05. The Morgan fingerprint density at radius 2 is 1.93 bits per heavy atom. The smallest absolute Gasteiger partial charge is 0.151 e. The van der Waals surface area contributed by atoms with Crippen LogP contribution in [0.3, 0.4) is 0 Å².